The highest BCUT2D eigenvalue weighted by Crippen LogP contribution is 2.36. The van der Waals surface area contributed by atoms with E-state index in [4.69, 9.17) is 16.7 Å². The van der Waals surface area contributed by atoms with Gasteiger partial charge < -0.3 is 15.3 Å². The molecule has 1 aromatic rings. The van der Waals surface area contributed by atoms with Gasteiger partial charge in [0.25, 0.3) is 0 Å². The van der Waals surface area contributed by atoms with Crippen molar-refractivity contribution in [2.45, 2.75) is 70.0 Å². The monoisotopic (exact) mass is 394 g/mol. The summed E-state index contributed by atoms with van der Waals surface area (Å²) in [4.78, 5) is 10.5. The molecule has 5 heteroatoms. The average molecular weight is 395 g/mol. The van der Waals surface area contributed by atoms with Gasteiger partial charge in [-0.2, -0.15) is 0 Å². The van der Waals surface area contributed by atoms with Crippen LogP contribution in [0.5, 0.6) is 0 Å². The predicted octanol–water partition coefficient (Wildman–Crippen LogP) is 4.61. The average Bonchev–Trinajstić information content (AvgIpc) is 2.98. The number of unbranched alkanes of at least 4 members (excludes halogenated alkanes) is 3. The Labute approximate surface area is 166 Å². The van der Waals surface area contributed by atoms with Crippen LogP contribution in [0, 0.1) is 11.8 Å². The summed E-state index contributed by atoms with van der Waals surface area (Å²) < 4.78 is 0. The zero-order valence-corrected chi connectivity index (χ0v) is 16.5. The number of hydrogen-bond donors (Lipinski definition) is 3. The molecule has 1 unspecified atom stereocenters. The van der Waals surface area contributed by atoms with Gasteiger partial charge in [-0.3, -0.25) is 4.79 Å². The molecule has 0 heterocycles. The minimum absolute atomic E-state index is 0.239. The molecular weight excluding hydrogens is 364 g/mol. The molecule has 1 aliphatic rings. The number of allylic oxidation sites excluding steroid dienone is 1. The number of carboxylic acids is 1. The van der Waals surface area contributed by atoms with Crippen LogP contribution in [0.25, 0.3) is 0 Å². The van der Waals surface area contributed by atoms with E-state index in [1.807, 2.05) is 30.3 Å². The summed E-state index contributed by atoms with van der Waals surface area (Å²) >= 11 is 5.88. The topological polar surface area (TPSA) is 77.8 Å². The summed E-state index contributed by atoms with van der Waals surface area (Å²) in [6.07, 6.45) is 10.3. The number of aliphatic hydroxyl groups is 2. The van der Waals surface area contributed by atoms with Gasteiger partial charge in [-0.05, 0) is 55.2 Å². The highest BCUT2D eigenvalue weighted by atomic mass is 35.5. The summed E-state index contributed by atoms with van der Waals surface area (Å²) in [7, 11) is 0. The molecule has 1 aliphatic carbocycles. The van der Waals surface area contributed by atoms with Gasteiger partial charge in [0.15, 0.2) is 0 Å². The van der Waals surface area contributed by atoms with Gasteiger partial charge in [0.1, 0.15) is 0 Å². The van der Waals surface area contributed by atoms with Crippen LogP contribution in [-0.4, -0.2) is 33.5 Å². The zero-order chi connectivity index (χ0) is 19.6. The normalized spacial score (nSPS) is 23.7. The van der Waals surface area contributed by atoms with Gasteiger partial charge in [0.2, 0.25) is 0 Å². The third kappa shape index (κ3) is 8.04. The molecule has 0 radical (unpaired) electrons. The lowest BCUT2D eigenvalue weighted by Gasteiger charge is -2.20. The predicted molar refractivity (Wildman–Crippen MR) is 108 cm³/mol. The van der Waals surface area contributed by atoms with E-state index < -0.39 is 12.1 Å². The SMILES string of the molecule is O=C(O)CCCCCCC1[C@@H](O)CC[C@@H]1C=C[C@@H](O)Cc1ccc(Cl)cc1. The third-order valence-corrected chi connectivity index (χ3v) is 5.71. The van der Waals surface area contributed by atoms with E-state index in [2.05, 4.69) is 6.08 Å². The third-order valence-electron chi connectivity index (χ3n) is 5.46. The lowest BCUT2D eigenvalue weighted by atomic mass is 9.88. The molecule has 0 aliphatic heterocycles. The smallest absolute Gasteiger partial charge is 0.303 e. The van der Waals surface area contributed by atoms with Crippen LogP contribution < -0.4 is 0 Å². The molecule has 0 aromatic heterocycles. The molecule has 4 atom stereocenters. The number of carboxylic acid groups (broad SMARTS) is 1. The Balaban J connectivity index is 1.75. The summed E-state index contributed by atoms with van der Waals surface area (Å²) in [5.41, 5.74) is 1.04. The van der Waals surface area contributed by atoms with Crippen molar-refractivity contribution in [3.8, 4) is 0 Å². The van der Waals surface area contributed by atoms with E-state index in [0.29, 0.717) is 17.4 Å². The second-order valence-electron chi connectivity index (χ2n) is 7.60. The summed E-state index contributed by atoms with van der Waals surface area (Å²) in [5.74, 6) is -0.189. The van der Waals surface area contributed by atoms with Gasteiger partial charge in [-0.15, -0.1) is 0 Å². The van der Waals surface area contributed by atoms with E-state index in [0.717, 1.165) is 50.5 Å². The van der Waals surface area contributed by atoms with Crippen LogP contribution in [0.3, 0.4) is 0 Å². The first-order valence-corrected chi connectivity index (χ1v) is 10.3. The largest absolute Gasteiger partial charge is 0.481 e. The second kappa shape index (κ2) is 11.5. The van der Waals surface area contributed by atoms with Gasteiger partial charge in [-0.25, -0.2) is 0 Å². The summed E-state index contributed by atoms with van der Waals surface area (Å²) in [5, 5.41) is 29.9. The molecule has 4 nitrogen and oxygen atoms in total. The fourth-order valence-corrected chi connectivity index (χ4v) is 4.06. The molecule has 0 bridgehead atoms. The number of rotatable bonds is 11. The maximum atomic E-state index is 10.5. The van der Waals surface area contributed by atoms with Crippen molar-refractivity contribution in [3.63, 3.8) is 0 Å². The Hall–Kier alpha value is -1.36. The van der Waals surface area contributed by atoms with Gasteiger partial charge >= 0.3 is 5.97 Å². The van der Waals surface area contributed by atoms with Crippen LogP contribution in [0.4, 0.5) is 0 Å². The fraction of sp³-hybridized carbons (Fsp3) is 0.591. The van der Waals surface area contributed by atoms with Crippen molar-refractivity contribution in [2.24, 2.45) is 11.8 Å². The highest BCUT2D eigenvalue weighted by molar-refractivity contribution is 6.30. The highest BCUT2D eigenvalue weighted by Gasteiger charge is 2.32. The quantitative estimate of drug-likeness (QED) is 0.378. The number of aliphatic carboxylic acids is 1. The summed E-state index contributed by atoms with van der Waals surface area (Å²) in [6, 6.07) is 7.50. The first kappa shape index (κ1) is 21.9. The first-order valence-electron chi connectivity index (χ1n) is 9.96. The maximum Gasteiger partial charge on any atom is 0.303 e. The van der Waals surface area contributed by atoms with E-state index in [1.54, 1.807) is 0 Å². The maximum absolute atomic E-state index is 10.5. The van der Waals surface area contributed by atoms with Crippen LogP contribution in [-0.2, 0) is 11.2 Å². The van der Waals surface area contributed by atoms with Gasteiger partial charge in [-0.1, -0.05) is 55.1 Å². The van der Waals surface area contributed by atoms with E-state index in [1.165, 1.54) is 0 Å². The van der Waals surface area contributed by atoms with E-state index >= 15 is 0 Å². The molecule has 1 fully saturated rings. The van der Waals surface area contributed by atoms with Crippen LogP contribution in [0.1, 0.15) is 56.9 Å². The fourth-order valence-electron chi connectivity index (χ4n) is 3.93. The first-order chi connectivity index (χ1) is 13.0. The van der Waals surface area contributed by atoms with Crippen molar-refractivity contribution >= 4 is 17.6 Å². The van der Waals surface area contributed by atoms with Crippen molar-refractivity contribution in [1.29, 1.82) is 0 Å². The molecular formula is C22H31ClO4. The minimum Gasteiger partial charge on any atom is -0.481 e. The Bertz CT molecular complexity index is 599. The molecule has 0 saturated heterocycles. The lowest BCUT2D eigenvalue weighted by molar-refractivity contribution is -0.137. The molecule has 27 heavy (non-hydrogen) atoms. The number of halogens is 1. The number of aliphatic hydroxyl groups excluding tert-OH is 2. The number of benzene rings is 1. The van der Waals surface area contributed by atoms with E-state index in [-0.39, 0.29) is 18.4 Å². The standard InChI is InChI=1S/C22H31ClO4/c23-18-11-7-16(8-12-18)15-19(24)13-9-17-10-14-21(25)20(17)5-3-1-2-4-6-22(26)27/h7-9,11-13,17,19-21,24-25H,1-6,10,14-15H2,(H,26,27)/t17-,19+,20?,21-/m0/s1. The Morgan fingerprint density at radius 3 is 2.56 bits per heavy atom. The van der Waals surface area contributed by atoms with Gasteiger partial charge in [0.05, 0.1) is 12.2 Å². The molecule has 150 valence electrons. The van der Waals surface area contributed by atoms with Crippen molar-refractivity contribution < 1.29 is 20.1 Å². The Morgan fingerprint density at radius 2 is 1.85 bits per heavy atom. The van der Waals surface area contributed by atoms with Crippen LogP contribution in [0.2, 0.25) is 5.02 Å². The molecule has 0 amide bonds. The van der Waals surface area contributed by atoms with Crippen molar-refractivity contribution in [1.82, 2.24) is 0 Å². The molecule has 1 saturated carbocycles. The van der Waals surface area contributed by atoms with Crippen molar-refractivity contribution in [2.75, 3.05) is 0 Å². The number of carbonyl (C=O) groups is 1. The van der Waals surface area contributed by atoms with Crippen molar-refractivity contribution in [3.05, 3.63) is 47.0 Å². The second-order valence-corrected chi connectivity index (χ2v) is 8.04. The van der Waals surface area contributed by atoms with Crippen LogP contribution >= 0.6 is 11.6 Å². The molecule has 2 rings (SSSR count). The molecule has 3 N–H and O–H groups in total. The molecule has 1 aromatic carbocycles. The number of hydrogen-bond acceptors (Lipinski definition) is 3. The van der Waals surface area contributed by atoms with Gasteiger partial charge in [0, 0.05) is 17.9 Å². The Kier molecular flexibility index (Phi) is 9.32. The minimum atomic E-state index is -0.733. The van der Waals surface area contributed by atoms with E-state index in [9.17, 15) is 15.0 Å². The molecule has 0 spiro atoms. The lowest BCUT2D eigenvalue weighted by Crippen LogP contribution is -2.18. The Morgan fingerprint density at radius 1 is 1.15 bits per heavy atom. The van der Waals surface area contributed by atoms with Crippen LogP contribution in [0.15, 0.2) is 36.4 Å². The summed E-state index contributed by atoms with van der Waals surface area (Å²) in [6.45, 7) is 0. The zero-order valence-electron chi connectivity index (χ0n) is 15.8.